The number of nitrogens with one attached hydrogen (secondary N) is 1. The van der Waals surface area contributed by atoms with Crippen molar-refractivity contribution >= 4 is 17.1 Å². The van der Waals surface area contributed by atoms with Gasteiger partial charge in [-0.2, -0.15) is 0 Å². The lowest BCUT2D eigenvalue weighted by Crippen LogP contribution is -2.23. The number of carbonyl (C=O) groups is 1. The van der Waals surface area contributed by atoms with Gasteiger partial charge < -0.3 is 5.32 Å². The fourth-order valence-electron chi connectivity index (χ4n) is 2.50. The number of fused-ring (bicyclic) bond motifs is 1. The number of pyridine rings is 1. The van der Waals surface area contributed by atoms with Crippen molar-refractivity contribution in [3.63, 3.8) is 0 Å². The van der Waals surface area contributed by atoms with Crippen LogP contribution in [-0.2, 0) is 6.54 Å². The van der Waals surface area contributed by atoms with Crippen molar-refractivity contribution in [2.75, 3.05) is 0 Å². The molecule has 0 radical (unpaired) electrons. The van der Waals surface area contributed by atoms with E-state index < -0.39 is 0 Å². The summed E-state index contributed by atoms with van der Waals surface area (Å²) in [5.74, 6) is -0.227. The molecule has 4 rings (SSSR count). The Balaban J connectivity index is 1.56. The van der Waals surface area contributed by atoms with E-state index in [0.717, 1.165) is 5.69 Å². The van der Waals surface area contributed by atoms with E-state index in [4.69, 9.17) is 0 Å². The zero-order valence-corrected chi connectivity index (χ0v) is 13.2. The maximum Gasteiger partial charge on any atom is 0.253 e. The van der Waals surface area contributed by atoms with Gasteiger partial charge in [0.05, 0.1) is 24.0 Å². The Morgan fingerprint density at radius 2 is 1.92 bits per heavy atom. The fraction of sp³-hybridized carbons (Fsp3) is 0.0556. The van der Waals surface area contributed by atoms with Crippen LogP contribution in [0, 0.1) is 0 Å². The van der Waals surface area contributed by atoms with Crippen LogP contribution in [0.25, 0.3) is 16.9 Å². The van der Waals surface area contributed by atoms with Crippen molar-refractivity contribution in [2.24, 2.45) is 0 Å². The zero-order valence-electron chi connectivity index (χ0n) is 13.2. The number of rotatable bonds is 4. The van der Waals surface area contributed by atoms with Gasteiger partial charge >= 0.3 is 0 Å². The molecule has 0 aliphatic heterocycles. The van der Waals surface area contributed by atoms with Crippen molar-refractivity contribution in [2.45, 2.75) is 6.54 Å². The summed E-state index contributed by atoms with van der Waals surface area (Å²) in [5.41, 5.74) is 3.48. The molecular formula is C18H14N6O. The average Bonchev–Trinajstić information content (AvgIpc) is 3.11. The third kappa shape index (κ3) is 3.07. The second-order valence-electron chi connectivity index (χ2n) is 5.40. The Hall–Kier alpha value is -3.61. The molecule has 0 aliphatic carbocycles. The third-order valence-corrected chi connectivity index (χ3v) is 3.73. The first-order valence-corrected chi connectivity index (χ1v) is 7.73. The Morgan fingerprint density at radius 3 is 2.72 bits per heavy atom. The molecule has 7 nitrogen and oxygen atoms in total. The predicted molar refractivity (Wildman–Crippen MR) is 92.1 cm³/mol. The zero-order chi connectivity index (χ0) is 17.1. The number of imidazole rings is 1. The van der Waals surface area contributed by atoms with Crippen LogP contribution in [-0.4, -0.2) is 30.4 Å². The Bertz CT molecular complexity index is 1010. The SMILES string of the molecule is O=C(NCc1cnccn1)c1cnc2c(c1)ncn2-c1ccccc1. The molecule has 1 N–H and O–H groups in total. The minimum atomic E-state index is -0.227. The molecule has 0 saturated heterocycles. The van der Waals surface area contributed by atoms with E-state index in [0.29, 0.717) is 29.0 Å². The molecule has 0 atom stereocenters. The fourth-order valence-corrected chi connectivity index (χ4v) is 2.50. The molecule has 4 aromatic rings. The van der Waals surface area contributed by atoms with Gasteiger partial charge in [0.15, 0.2) is 5.65 Å². The van der Waals surface area contributed by atoms with Crippen LogP contribution in [0.5, 0.6) is 0 Å². The highest BCUT2D eigenvalue weighted by molar-refractivity contribution is 5.96. The first-order valence-electron chi connectivity index (χ1n) is 7.73. The van der Waals surface area contributed by atoms with Crippen LogP contribution >= 0.6 is 0 Å². The lowest BCUT2D eigenvalue weighted by atomic mass is 10.2. The van der Waals surface area contributed by atoms with Gasteiger partial charge in [0.1, 0.15) is 11.8 Å². The Morgan fingerprint density at radius 1 is 1.04 bits per heavy atom. The first kappa shape index (κ1) is 14.9. The summed E-state index contributed by atoms with van der Waals surface area (Å²) in [5, 5.41) is 2.80. The largest absolute Gasteiger partial charge is 0.346 e. The van der Waals surface area contributed by atoms with Crippen molar-refractivity contribution in [1.29, 1.82) is 0 Å². The van der Waals surface area contributed by atoms with Gasteiger partial charge in [0.2, 0.25) is 0 Å². The summed E-state index contributed by atoms with van der Waals surface area (Å²) in [6.45, 7) is 0.309. The van der Waals surface area contributed by atoms with Crippen LogP contribution in [0.4, 0.5) is 0 Å². The van der Waals surface area contributed by atoms with Crippen molar-refractivity contribution < 1.29 is 4.79 Å². The summed E-state index contributed by atoms with van der Waals surface area (Å²) in [6, 6.07) is 11.5. The molecule has 0 fully saturated rings. The highest BCUT2D eigenvalue weighted by atomic mass is 16.1. The number of hydrogen-bond acceptors (Lipinski definition) is 5. The second kappa shape index (κ2) is 6.48. The van der Waals surface area contributed by atoms with Gasteiger partial charge in [0.25, 0.3) is 5.91 Å². The number of benzene rings is 1. The van der Waals surface area contributed by atoms with Crippen molar-refractivity contribution in [3.05, 3.63) is 78.8 Å². The molecule has 0 bridgehead atoms. The lowest BCUT2D eigenvalue weighted by Gasteiger charge is -2.05. The summed E-state index contributed by atoms with van der Waals surface area (Å²) in [7, 11) is 0. The maximum absolute atomic E-state index is 12.3. The first-order chi connectivity index (χ1) is 12.3. The molecule has 0 unspecified atom stereocenters. The van der Waals surface area contributed by atoms with E-state index in [9.17, 15) is 4.79 Å². The van der Waals surface area contributed by atoms with E-state index in [1.807, 2.05) is 34.9 Å². The smallest absolute Gasteiger partial charge is 0.253 e. The number of para-hydroxylation sites is 1. The van der Waals surface area contributed by atoms with Crippen LogP contribution < -0.4 is 5.32 Å². The number of hydrogen-bond donors (Lipinski definition) is 1. The molecule has 122 valence electrons. The van der Waals surface area contributed by atoms with E-state index in [1.54, 1.807) is 37.2 Å². The molecule has 1 aromatic carbocycles. The predicted octanol–water partition coefficient (Wildman–Crippen LogP) is 2.14. The second-order valence-corrected chi connectivity index (χ2v) is 5.40. The van der Waals surface area contributed by atoms with Crippen LogP contribution in [0.3, 0.4) is 0 Å². The molecular weight excluding hydrogens is 316 g/mol. The summed E-state index contributed by atoms with van der Waals surface area (Å²) in [6.07, 6.45) is 8.05. The van der Waals surface area contributed by atoms with Gasteiger partial charge in [-0.1, -0.05) is 18.2 Å². The summed E-state index contributed by atoms with van der Waals surface area (Å²) < 4.78 is 1.89. The molecule has 7 heteroatoms. The minimum Gasteiger partial charge on any atom is -0.346 e. The molecule has 25 heavy (non-hydrogen) atoms. The molecule has 3 aromatic heterocycles. The van der Waals surface area contributed by atoms with Crippen LogP contribution in [0.15, 0.2) is 67.5 Å². The van der Waals surface area contributed by atoms with E-state index in [-0.39, 0.29) is 5.91 Å². The van der Waals surface area contributed by atoms with Crippen molar-refractivity contribution in [1.82, 2.24) is 29.8 Å². The van der Waals surface area contributed by atoms with Gasteiger partial charge in [-0.25, -0.2) is 9.97 Å². The standard InChI is InChI=1S/C18H14N6O/c25-18(22-11-14-10-19-6-7-20-14)13-8-16-17(21-9-13)24(12-23-16)15-4-2-1-3-5-15/h1-10,12H,11H2,(H,22,25). The minimum absolute atomic E-state index is 0.227. The van der Waals surface area contributed by atoms with E-state index in [1.165, 1.54) is 0 Å². The quantitative estimate of drug-likeness (QED) is 0.619. The monoisotopic (exact) mass is 330 g/mol. The topological polar surface area (TPSA) is 85.6 Å². The highest BCUT2D eigenvalue weighted by Gasteiger charge is 2.11. The third-order valence-electron chi connectivity index (χ3n) is 3.73. The summed E-state index contributed by atoms with van der Waals surface area (Å²) >= 11 is 0. The molecule has 3 heterocycles. The van der Waals surface area contributed by atoms with Gasteiger partial charge in [-0.15, -0.1) is 0 Å². The molecule has 0 saturated carbocycles. The number of nitrogens with zero attached hydrogens (tertiary/aromatic N) is 5. The maximum atomic E-state index is 12.3. The number of amides is 1. The van der Waals surface area contributed by atoms with Gasteiger partial charge in [-0.3, -0.25) is 19.3 Å². The van der Waals surface area contributed by atoms with Crippen LogP contribution in [0.2, 0.25) is 0 Å². The molecule has 0 spiro atoms. The highest BCUT2D eigenvalue weighted by Crippen LogP contribution is 2.17. The number of aromatic nitrogens is 5. The normalized spacial score (nSPS) is 10.7. The van der Waals surface area contributed by atoms with Gasteiger partial charge in [-0.05, 0) is 18.2 Å². The average molecular weight is 330 g/mol. The van der Waals surface area contributed by atoms with Crippen molar-refractivity contribution in [3.8, 4) is 5.69 Å². The van der Waals surface area contributed by atoms with E-state index in [2.05, 4.69) is 25.3 Å². The van der Waals surface area contributed by atoms with E-state index >= 15 is 0 Å². The number of carbonyl (C=O) groups excluding carboxylic acids is 1. The van der Waals surface area contributed by atoms with Gasteiger partial charge in [0, 0.05) is 24.3 Å². The Labute approximate surface area is 143 Å². The molecule has 0 aliphatic rings. The summed E-state index contributed by atoms with van der Waals surface area (Å²) in [4.78, 5) is 29.2. The lowest BCUT2D eigenvalue weighted by molar-refractivity contribution is 0.0950. The van der Waals surface area contributed by atoms with Crippen LogP contribution in [0.1, 0.15) is 16.1 Å². The molecule has 1 amide bonds. The Kier molecular flexibility index (Phi) is 3.88.